The second-order valence-electron chi connectivity index (χ2n) is 6.12. The summed E-state index contributed by atoms with van der Waals surface area (Å²) in [6.45, 7) is 4.26. The molecule has 1 heterocycles. The van der Waals surface area contributed by atoms with Gasteiger partial charge < -0.3 is 14.0 Å². The first kappa shape index (κ1) is 19.8. The van der Waals surface area contributed by atoms with Crippen LogP contribution in [0.3, 0.4) is 0 Å². The predicted molar refractivity (Wildman–Crippen MR) is 101 cm³/mol. The van der Waals surface area contributed by atoms with Gasteiger partial charge in [0, 0.05) is 36.0 Å². The van der Waals surface area contributed by atoms with E-state index in [4.69, 9.17) is 9.47 Å². The second kappa shape index (κ2) is 9.22. The van der Waals surface area contributed by atoms with Crippen LogP contribution >= 0.6 is 0 Å². The third-order valence-corrected chi connectivity index (χ3v) is 4.51. The van der Waals surface area contributed by atoms with Crippen molar-refractivity contribution in [3.63, 3.8) is 0 Å². The molecule has 0 fully saturated rings. The van der Waals surface area contributed by atoms with Crippen molar-refractivity contribution in [1.29, 1.82) is 0 Å². The maximum Gasteiger partial charge on any atom is 0.305 e. The topological polar surface area (TPSA) is 57.5 Å². The van der Waals surface area contributed by atoms with E-state index in [0.717, 1.165) is 35.5 Å². The lowest BCUT2D eigenvalue weighted by atomic mass is 10.0. The van der Waals surface area contributed by atoms with Crippen molar-refractivity contribution in [2.24, 2.45) is 7.05 Å². The van der Waals surface area contributed by atoms with Gasteiger partial charge in [-0.25, -0.2) is 0 Å². The van der Waals surface area contributed by atoms with Gasteiger partial charge >= 0.3 is 5.97 Å². The van der Waals surface area contributed by atoms with Gasteiger partial charge in [0.2, 0.25) is 0 Å². The van der Waals surface area contributed by atoms with Gasteiger partial charge in [-0.05, 0) is 56.5 Å². The number of carbonyl (C=O) groups is 2. The number of nitrogens with zero attached hydrogens (tertiary/aromatic N) is 1. The van der Waals surface area contributed by atoms with Crippen molar-refractivity contribution < 1.29 is 19.1 Å². The number of ether oxygens (including phenoxy) is 2. The Morgan fingerprint density at radius 1 is 1.12 bits per heavy atom. The second-order valence-corrected chi connectivity index (χ2v) is 6.12. The summed E-state index contributed by atoms with van der Waals surface area (Å²) in [5.74, 6) is 0.564. The first-order valence-corrected chi connectivity index (χ1v) is 9.03. The predicted octanol–water partition coefficient (Wildman–Crippen LogP) is 3.71. The smallest absolute Gasteiger partial charge is 0.305 e. The largest absolute Gasteiger partial charge is 0.497 e. The highest BCUT2D eigenvalue weighted by molar-refractivity contribution is 6.10. The molecule has 0 amide bonds. The van der Waals surface area contributed by atoms with Crippen LogP contribution in [0, 0.1) is 0 Å². The van der Waals surface area contributed by atoms with Gasteiger partial charge in [0.05, 0.1) is 13.7 Å². The highest BCUT2D eigenvalue weighted by atomic mass is 16.5. The van der Waals surface area contributed by atoms with Crippen molar-refractivity contribution >= 4 is 11.8 Å². The van der Waals surface area contributed by atoms with Crippen LogP contribution in [-0.4, -0.2) is 30.0 Å². The van der Waals surface area contributed by atoms with E-state index in [-0.39, 0.29) is 11.8 Å². The number of aromatic nitrogens is 1. The van der Waals surface area contributed by atoms with Gasteiger partial charge in [-0.1, -0.05) is 6.92 Å². The third kappa shape index (κ3) is 4.54. The minimum atomic E-state index is -0.174. The molecule has 1 aromatic heterocycles. The molecule has 0 aliphatic rings. The average Bonchev–Trinajstić information content (AvgIpc) is 2.97. The zero-order valence-electron chi connectivity index (χ0n) is 16.0. The molecule has 26 heavy (non-hydrogen) atoms. The Labute approximate surface area is 154 Å². The molecule has 0 saturated carbocycles. The number of carbonyl (C=O) groups excluding carboxylic acids is 2. The number of hydrogen-bond acceptors (Lipinski definition) is 4. The number of methoxy groups -OCH3 is 1. The summed E-state index contributed by atoms with van der Waals surface area (Å²) in [6, 6.07) is 9.11. The molecular weight excluding hydrogens is 330 g/mol. The molecule has 0 aliphatic carbocycles. The SMILES string of the molecule is CCOC(=O)CCCc1cc(C(=O)c2ccc(OC)cc2)c(CC)n1C. The molecule has 1 aromatic carbocycles. The standard InChI is InChI=1S/C21H27NO4/c1-5-19-18(21(24)15-10-12-17(25-4)13-11-15)14-16(22(19)3)8-7-9-20(23)26-6-2/h10-14H,5-9H2,1-4H3. The summed E-state index contributed by atoms with van der Waals surface area (Å²) in [7, 11) is 3.58. The van der Waals surface area contributed by atoms with Crippen molar-refractivity contribution in [3.05, 3.63) is 52.8 Å². The molecule has 0 atom stereocenters. The quantitative estimate of drug-likeness (QED) is 0.507. The molecule has 140 valence electrons. The lowest BCUT2D eigenvalue weighted by Gasteiger charge is -2.07. The molecule has 0 radical (unpaired) electrons. The van der Waals surface area contributed by atoms with Gasteiger partial charge in [-0.15, -0.1) is 0 Å². The summed E-state index contributed by atoms with van der Waals surface area (Å²) >= 11 is 0. The number of aryl methyl sites for hydroxylation is 1. The molecule has 0 spiro atoms. The lowest BCUT2D eigenvalue weighted by Crippen LogP contribution is -2.07. The van der Waals surface area contributed by atoms with E-state index < -0.39 is 0 Å². The minimum absolute atomic E-state index is 0.0109. The minimum Gasteiger partial charge on any atom is -0.497 e. The number of rotatable bonds is 9. The van der Waals surface area contributed by atoms with Crippen molar-refractivity contribution in [3.8, 4) is 5.75 Å². The summed E-state index contributed by atoms with van der Waals surface area (Å²) in [5.41, 5.74) is 3.44. The van der Waals surface area contributed by atoms with E-state index in [2.05, 4.69) is 4.57 Å². The number of esters is 1. The van der Waals surface area contributed by atoms with Crippen molar-refractivity contribution in [1.82, 2.24) is 4.57 Å². The maximum absolute atomic E-state index is 12.9. The van der Waals surface area contributed by atoms with Crippen LogP contribution in [0.5, 0.6) is 5.75 Å². The van der Waals surface area contributed by atoms with Gasteiger partial charge in [0.1, 0.15) is 5.75 Å². The molecule has 5 heteroatoms. The van der Waals surface area contributed by atoms with Crippen LogP contribution in [-0.2, 0) is 29.4 Å². The molecule has 2 aromatic rings. The van der Waals surface area contributed by atoms with Crippen LogP contribution in [0.15, 0.2) is 30.3 Å². The normalized spacial score (nSPS) is 10.6. The number of ketones is 1. The number of hydrogen-bond donors (Lipinski definition) is 0. The lowest BCUT2D eigenvalue weighted by molar-refractivity contribution is -0.143. The molecule has 0 saturated heterocycles. The zero-order chi connectivity index (χ0) is 19.1. The fourth-order valence-electron chi connectivity index (χ4n) is 3.11. The zero-order valence-corrected chi connectivity index (χ0v) is 16.0. The fourth-order valence-corrected chi connectivity index (χ4v) is 3.11. The van der Waals surface area contributed by atoms with Crippen LogP contribution in [0.4, 0.5) is 0 Å². The van der Waals surface area contributed by atoms with Crippen LogP contribution in [0.2, 0.25) is 0 Å². The van der Waals surface area contributed by atoms with E-state index in [1.54, 1.807) is 38.3 Å². The van der Waals surface area contributed by atoms with E-state index >= 15 is 0 Å². The van der Waals surface area contributed by atoms with Crippen LogP contribution in [0.25, 0.3) is 0 Å². The van der Waals surface area contributed by atoms with Crippen LogP contribution < -0.4 is 4.74 Å². The first-order valence-electron chi connectivity index (χ1n) is 9.03. The molecule has 5 nitrogen and oxygen atoms in total. The number of benzene rings is 1. The Morgan fingerprint density at radius 3 is 2.38 bits per heavy atom. The van der Waals surface area contributed by atoms with E-state index in [0.29, 0.717) is 25.0 Å². The van der Waals surface area contributed by atoms with Gasteiger partial charge in [0.15, 0.2) is 5.78 Å². The van der Waals surface area contributed by atoms with Gasteiger partial charge in [-0.3, -0.25) is 9.59 Å². The Kier molecular flexibility index (Phi) is 7.01. The van der Waals surface area contributed by atoms with E-state index in [9.17, 15) is 9.59 Å². The van der Waals surface area contributed by atoms with E-state index in [1.165, 1.54) is 0 Å². The van der Waals surface area contributed by atoms with Gasteiger partial charge in [-0.2, -0.15) is 0 Å². The van der Waals surface area contributed by atoms with Crippen molar-refractivity contribution in [2.75, 3.05) is 13.7 Å². The first-order chi connectivity index (χ1) is 12.5. The molecule has 2 rings (SSSR count). The Bertz CT molecular complexity index is 759. The maximum atomic E-state index is 12.9. The fraction of sp³-hybridized carbons (Fsp3) is 0.429. The molecule has 0 bridgehead atoms. The molecule has 0 aliphatic heterocycles. The summed E-state index contributed by atoms with van der Waals surface area (Å²) in [6.07, 6.45) is 2.60. The monoisotopic (exact) mass is 357 g/mol. The molecular formula is C21H27NO4. The van der Waals surface area contributed by atoms with E-state index in [1.807, 2.05) is 20.0 Å². The summed E-state index contributed by atoms with van der Waals surface area (Å²) in [5, 5.41) is 0. The summed E-state index contributed by atoms with van der Waals surface area (Å²) in [4.78, 5) is 24.4. The van der Waals surface area contributed by atoms with Crippen LogP contribution in [0.1, 0.15) is 54.0 Å². The Hall–Kier alpha value is -2.56. The Balaban J connectivity index is 2.17. The molecule has 0 N–H and O–H groups in total. The molecule has 0 unspecified atom stereocenters. The van der Waals surface area contributed by atoms with Gasteiger partial charge in [0.25, 0.3) is 0 Å². The Morgan fingerprint density at radius 2 is 1.81 bits per heavy atom. The average molecular weight is 357 g/mol. The highest BCUT2D eigenvalue weighted by Gasteiger charge is 2.19. The highest BCUT2D eigenvalue weighted by Crippen LogP contribution is 2.22. The van der Waals surface area contributed by atoms with Crippen molar-refractivity contribution in [2.45, 2.75) is 39.5 Å². The summed E-state index contributed by atoms with van der Waals surface area (Å²) < 4.78 is 12.2. The third-order valence-electron chi connectivity index (χ3n) is 4.51.